The maximum absolute atomic E-state index is 13.7. The molecule has 2 heterocycles. The number of fused-ring (bicyclic) bond motifs is 1. The fourth-order valence-electron chi connectivity index (χ4n) is 4.87. The number of nitrogens with one attached hydrogen (secondary N) is 4. The molecule has 12 heteroatoms. The van der Waals surface area contributed by atoms with Crippen LogP contribution in [0.15, 0.2) is 95.0 Å². The Bertz CT molecular complexity index is 1890. The van der Waals surface area contributed by atoms with E-state index in [-0.39, 0.29) is 16.6 Å². The van der Waals surface area contributed by atoms with Gasteiger partial charge in [0.25, 0.3) is 10.0 Å². The molecule has 0 saturated carbocycles. The van der Waals surface area contributed by atoms with Gasteiger partial charge in [-0.3, -0.25) is 24.4 Å². The maximum atomic E-state index is 13.7. The van der Waals surface area contributed by atoms with Crippen molar-refractivity contribution in [2.45, 2.75) is 42.5 Å². The molecule has 0 radical (unpaired) electrons. The van der Waals surface area contributed by atoms with Crippen LogP contribution in [0.25, 0.3) is 22.0 Å². The summed E-state index contributed by atoms with van der Waals surface area (Å²) in [6.45, 7) is 1.42. The summed E-state index contributed by atoms with van der Waals surface area (Å²) >= 11 is 1.51. The van der Waals surface area contributed by atoms with E-state index in [0.717, 1.165) is 48.1 Å². The van der Waals surface area contributed by atoms with Gasteiger partial charge in [0.1, 0.15) is 10.8 Å². The number of hydrogen-bond acceptors (Lipinski definition) is 7. The number of carbonyl (C=O) groups excluding carboxylic acids is 2. The quantitative estimate of drug-likeness (QED) is 0.0627. The van der Waals surface area contributed by atoms with Crippen LogP contribution in [0.3, 0.4) is 0 Å². The number of thioether (sulfide) groups is 1. The van der Waals surface area contributed by atoms with Gasteiger partial charge in [0.05, 0.1) is 16.2 Å². The second kappa shape index (κ2) is 14.2. The normalized spacial score (nSPS) is 11.3. The molecule has 0 fully saturated rings. The van der Waals surface area contributed by atoms with Crippen LogP contribution in [-0.2, 0) is 26.0 Å². The third-order valence-corrected chi connectivity index (χ3v) is 9.32. The summed E-state index contributed by atoms with van der Waals surface area (Å²) in [5, 5.41) is 14.8. The van der Waals surface area contributed by atoms with E-state index in [1.54, 1.807) is 42.6 Å². The van der Waals surface area contributed by atoms with Crippen molar-refractivity contribution < 1.29 is 18.0 Å². The summed E-state index contributed by atoms with van der Waals surface area (Å²) in [5.41, 5.74) is 3.45. The number of aromatic nitrogens is 3. The number of aromatic amines is 1. The zero-order chi connectivity index (χ0) is 30.9. The molecule has 2 amide bonds. The minimum absolute atomic E-state index is 0.151. The van der Waals surface area contributed by atoms with Gasteiger partial charge in [-0.05, 0) is 66.3 Å². The summed E-state index contributed by atoms with van der Waals surface area (Å²) in [6, 6.07) is 23.6. The van der Waals surface area contributed by atoms with Crippen molar-refractivity contribution in [3.63, 3.8) is 0 Å². The molecule has 226 valence electrons. The van der Waals surface area contributed by atoms with Gasteiger partial charge in [0, 0.05) is 29.9 Å². The minimum Gasteiger partial charge on any atom is -0.329 e. The van der Waals surface area contributed by atoms with E-state index >= 15 is 0 Å². The first-order valence-electron chi connectivity index (χ1n) is 14.1. The number of aryl methyl sites for hydroxylation is 1. The second-order valence-electron chi connectivity index (χ2n) is 10.1. The van der Waals surface area contributed by atoms with Crippen molar-refractivity contribution >= 4 is 62.1 Å². The van der Waals surface area contributed by atoms with E-state index in [0.29, 0.717) is 33.8 Å². The molecule has 4 N–H and O–H groups in total. The van der Waals surface area contributed by atoms with Crippen molar-refractivity contribution in [1.29, 1.82) is 0 Å². The topological polar surface area (TPSA) is 146 Å². The molecule has 0 aliphatic carbocycles. The van der Waals surface area contributed by atoms with Gasteiger partial charge in [-0.15, -0.1) is 11.8 Å². The number of pyridine rings is 1. The number of carbonyl (C=O) groups is 2. The Morgan fingerprint density at radius 1 is 0.955 bits per heavy atom. The van der Waals surface area contributed by atoms with E-state index in [1.165, 1.54) is 18.7 Å². The Kier molecular flexibility index (Phi) is 9.93. The smallest absolute Gasteiger partial charge is 0.263 e. The molecule has 5 aromatic rings. The number of amides is 2. The van der Waals surface area contributed by atoms with Crippen LogP contribution in [0.4, 0.5) is 17.2 Å². The van der Waals surface area contributed by atoms with Crippen molar-refractivity contribution in [3.05, 3.63) is 90.6 Å². The zero-order valence-electron chi connectivity index (χ0n) is 24.0. The van der Waals surface area contributed by atoms with Crippen molar-refractivity contribution in [2.75, 3.05) is 21.1 Å². The Morgan fingerprint density at radius 2 is 1.77 bits per heavy atom. The highest BCUT2D eigenvalue weighted by atomic mass is 32.2. The highest BCUT2D eigenvalue weighted by molar-refractivity contribution is 7.99. The Hall–Kier alpha value is -4.68. The molecule has 44 heavy (non-hydrogen) atoms. The van der Waals surface area contributed by atoms with Gasteiger partial charge in [0.2, 0.25) is 12.3 Å². The Morgan fingerprint density at radius 3 is 2.61 bits per heavy atom. The number of benzene rings is 3. The number of hydrogen-bond donors (Lipinski definition) is 4. The number of rotatable bonds is 14. The summed E-state index contributed by atoms with van der Waals surface area (Å²) < 4.78 is 30.0. The average molecular weight is 629 g/mol. The third kappa shape index (κ3) is 7.63. The first-order valence-corrected chi connectivity index (χ1v) is 16.6. The molecule has 5 rings (SSSR count). The lowest BCUT2D eigenvalue weighted by Gasteiger charge is -2.12. The minimum atomic E-state index is -4.00. The number of unbranched alkanes of at least 4 members (excludes halogenated alkanes) is 2. The second-order valence-corrected chi connectivity index (χ2v) is 12.8. The maximum Gasteiger partial charge on any atom is 0.263 e. The summed E-state index contributed by atoms with van der Waals surface area (Å²) in [7, 11) is -4.00. The molecule has 0 unspecified atom stereocenters. The zero-order valence-corrected chi connectivity index (χ0v) is 25.7. The van der Waals surface area contributed by atoms with Gasteiger partial charge in [0.15, 0.2) is 0 Å². The van der Waals surface area contributed by atoms with E-state index < -0.39 is 10.0 Å². The Labute approximate surface area is 260 Å². The van der Waals surface area contributed by atoms with Gasteiger partial charge >= 0.3 is 0 Å². The van der Waals surface area contributed by atoms with Crippen molar-refractivity contribution in [3.8, 4) is 11.3 Å². The molecule has 10 nitrogen and oxygen atoms in total. The molecular weight excluding hydrogens is 597 g/mol. The van der Waals surface area contributed by atoms with E-state index in [1.807, 2.05) is 42.5 Å². The lowest BCUT2D eigenvalue weighted by atomic mass is 10.1. The standard InChI is InChI=1S/C32H32N6O4S2/c1-22(40)35-26-16-17-33-28(20-26)30-31(38-44(41,42)29-15-8-12-24-11-4-5-14-27(24)29)36-37-32(30)43-18-6-2-3-9-23-10-7-13-25(19-23)34-21-39/h4-5,7-8,10-17,19-21H,2-3,6,9,18H2,1H3,(H,34,39)(H,33,35,40)(H2,36,37,38). The van der Waals surface area contributed by atoms with Crippen LogP contribution in [0, 0.1) is 0 Å². The lowest BCUT2D eigenvalue weighted by Crippen LogP contribution is -2.14. The molecule has 0 aliphatic rings. The van der Waals surface area contributed by atoms with Crippen LogP contribution >= 0.6 is 11.8 Å². The molecule has 0 spiro atoms. The van der Waals surface area contributed by atoms with E-state index in [9.17, 15) is 18.0 Å². The predicted molar refractivity (Wildman–Crippen MR) is 175 cm³/mol. The van der Waals surface area contributed by atoms with E-state index in [2.05, 4.69) is 30.5 Å². The first kappa shape index (κ1) is 30.8. The third-order valence-electron chi connectivity index (χ3n) is 6.85. The lowest BCUT2D eigenvalue weighted by molar-refractivity contribution is -0.114. The van der Waals surface area contributed by atoms with Gasteiger partial charge in [-0.2, -0.15) is 5.10 Å². The van der Waals surface area contributed by atoms with Crippen molar-refractivity contribution in [1.82, 2.24) is 15.2 Å². The summed E-state index contributed by atoms with van der Waals surface area (Å²) in [5.74, 6) is 0.718. The highest BCUT2D eigenvalue weighted by Crippen LogP contribution is 2.37. The SMILES string of the molecule is CC(=O)Nc1ccnc(-c2c(SCCCCCc3cccc(NC=O)c3)n[nH]c2NS(=O)(=O)c2cccc3ccccc23)c1. The number of nitrogens with zero attached hydrogens (tertiary/aromatic N) is 2. The first-order chi connectivity index (χ1) is 21.3. The highest BCUT2D eigenvalue weighted by Gasteiger charge is 2.24. The largest absolute Gasteiger partial charge is 0.329 e. The number of sulfonamides is 1. The molecule has 2 aromatic heterocycles. The molecule has 0 bridgehead atoms. The van der Waals surface area contributed by atoms with Crippen LogP contribution in [0.2, 0.25) is 0 Å². The van der Waals surface area contributed by atoms with Crippen molar-refractivity contribution in [2.24, 2.45) is 0 Å². The molecule has 0 atom stereocenters. The van der Waals surface area contributed by atoms with Gasteiger partial charge < -0.3 is 10.6 Å². The van der Waals surface area contributed by atoms with Crippen LogP contribution in [0.5, 0.6) is 0 Å². The Balaban J connectivity index is 1.34. The van der Waals surface area contributed by atoms with Crippen LogP contribution < -0.4 is 15.4 Å². The fraction of sp³-hybridized carbons (Fsp3) is 0.188. The number of anilines is 3. The predicted octanol–water partition coefficient (Wildman–Crippen LogP) is 6.46. The molecule has 0 saturated heterocycles. The fourth-order valence-corrected chi connectivity index (χ4v) is 7.13. The van der Waals surface area contributed by atoms with E-state index in [4.69, 9.17) is 0 Å². The molecule has 0 aliphatic heterocycles. The van der Waals surface area contributed by atoms with Gasteiger partial charge in [-0.1, -0.05) is 55.0 Å². The molecule has 3 aromatic carbocycles. The molecular formula is C32H32N6O4S2. The summed E-state index contributed by atoms with van der Waals surface area (Å²) in [6.07, 6.45) is 6.01. The number of H-pyrrole nitrogens is 1. The van der Waals surface area contributed by atoms with Crippen LogP contribution in [-0.4, -0.2) is 41.7 Å². The average Bonchev–Trinajstić information content (AvgIpc) is 3.40. The monoisotopic (exact) mass is 628 g/mol. The van der Waals surface area contributed by atoms with Gasteiger partial charge in [-0.25, -0.2) is 8.42 Å². The summed E-state index contributed by atoms with van der Waals surface area (Å²) in [4.78, 5) is 27.1. The van der Waals surface area contributed by atoms with Crippen LogP contribution in [0.1, 0.15) is 31.7 Å².